The molecule has 1 fully saturated rings. The molecule has 3 aromatic rings. The number of amides is 1. The van der Waals surface area contributed by atoms with Gasteiger partial charge in [0, 0.05) is 12.5 Å². The second kappa shape index (κ2) is 9.78. The molecule has 1 aliphatic heterocycles. The van der Waals surface area contributed by atoms with E-state index in [1.807, 2.05) is 37.8 Å². The number of hydrogen-bond donors (Lipinski definition) is 0. The summed E-state index contributed by atoms with van der Waals surface area (Å²) in [6, 6.07) is 21.2. The lowest BCUT2D eigenvalue weighted by Gasteiger charge is -2.28. The average Bonchev–Trinajstić information content (AvgIpc) is 3.45. The third-order valence-electron chi connectivity index (χ3n) is 5.67. The predicted octanol–water partition coefficient (Wildman–Crippen LogP) is 6.71. The zero-order valence-corrected chi connectivity index (χ0v) is 19.8. The Balaban J connectivity index is 1.43. The molecule has 4 nitrogen and oxygen atoms in total. The van der Waals surface area contributed by atoms with Gasteiger partial charge in [-0.05, 0) is 79.3 Å². The Hall–Kier alpha value is -2.79. The minimum Gasteiger partial charge on any atom is -0.491 e. The van der Waals surface area contributed by atoms with E-state index in [0.29, 0.717) is 6.61 Å². The second-order valence-electron chi connectivity index (χ2n) is 9.25. The molecule has 2 atom stereocenters. The zero-order chi connectivity index (χ0) is 22.6. The van der Waals surface area contributed by atoms with E-state index < -0.39 is 5.60 Å². The third-order valence-corrected chi connectivity index (χ3v) is 6.37. The van der Waals surface area contributed by atoms with E-state index in [2.05, 4.69) is 59.3 Å². The minimum atomic E-state index is -0.487. The second-order valence-corrected chi connectivity index (χ2v) is 10.0. The smallest absolute Gasteiger partial charge is 0.410 e. The van der Waals surface area contributed by atoms with Gasteiger partial charge in [0.2, 0.25) is 0 Å². The fourth-order valence-corrected chi connectivity index (χ4v) is 4.87. The Kier molecular flexibility index (Phi) is 6.85. The van der Waals surface area contributed by atoms with Crippen LogP contribution in [0.4, 0.5) is 4.79 Å². The first-order valence-corrected chi connectivity index (χ1v) is 12.1. The number of thiophene rings is 1. The van der Waals surface area contributed by atoms with Gasteiger partial charge in [0.1, 0.15) is 18.0 Å². The Morgan fingerprint density at radius 1 is 1.03 bits per heavy atom. The van der Waals surface area contributed by atoms with Gasteiger partial charge in [-0.3, -0.25) is 0 Å². The van der Waals surface area contributed by atoms with Crippen LogP contribution in [0.5, 0.6) is 5.75 Å². The maximum absolute atomic E-state index is 12.5. The molecule has 0 bridgehead atoms. The highest BCUT2D eigenvalue weighted by molar-refractivity contribution is 7.08. The summed E-state index contributed by atoms with van der Waals surface area (Å²) in [5.74, 6) is 1.02. The summed E-state index contributed by atoms with van der Waals surface area (Å²) in [6.45, 7) is 6.89. The lowest BCUT2D eigenvalue weighted by molar-refractivity contribution is 0.0187. The topological polar surface area (TPSA) is 38.8 Å². The summed E-state index contributed by atoms with van der Waals surface area (Å²) in [7, 11) is 0. The maximum atomic E-state index is 12.5. The first-order valence-electron chi connectivity index (χ1n) is 11.2. The molecule has 1 aromatic heterocycles. The van der Waals surface area contributed by atoms with Crippen LogP contribution in [0, 0.1) is 0 Å². The van der Waals surface area contributed by atoms with E-state index in [-0.39, 0.29) is 18.1 Å². The Morgan fingerprint density at radius 2 is 1.75 bits per heavy atom. The highest BCUT2D eigenvalue weighted by Gasteiger charge is 2.32. The molecule has 1 saturated heterocycles. The van der Waals surface area contributed by atoms with E-state index >= 15 is 0 Å². The van der Waals surface area contributed by atoms with Gasteiger partial charge in [-0.25, -0.2) is 4.79 Å². The lowest BCUT2D eigenvalue weighted by atomic mass is 9.87. The molecule has 0 N–H and O–H groups in total. The molecular formula is C27H31NO3S. The van der Waals surface area contributed by atoms with Crippen molar-refractivity contribution in [2.45, 2.75) is 51.2 Å². The number of hydrogen-bond acceptors (Lipinski definition) is 4. The van der Waals surface area contributed by atoms with Crippen LogP contribution in [-0.4, -0.2) is 35.8 Å². The van der Waals surface area contributed by atoms with Crippen LogP contribution in [0.3, 0.4) is 0 Å². The molecule has 0 aliphatic carbocycles. The van der Waals surface area contributed by atoms with Crippen LogP contribution in [0.25, 0.3) is 0 Å². The van der Waals surface area contributed by atoms with Crippen molar-refractivity contribution in [1.82, 2.24) is 4.90 Å². The van der Waals surface area contributed by atoms with Crippen LogP contribution in [0.15, 0.2) is 71.4 Å². The number of carbonyl (C=O) groups excluding carboxylic acids is 1. The molecule has 4 rings (SSSR count). The summed E-state index contributed by atoms with van der Waals surface area (Å²) in [5.41, 5.74) is 3.32. The molecule has 168 valence electrons. The predicted molar refractivity (Wildman–Crippen MR) is 130 cm³/mol. The normalized spacial score (nSPS) is 17.2. The van der Waals surface area contributed by atoms with Crippen LogP contribution in [-0.2, 0) is 4.74 Å². The number of rotatable bonds is 6. The Labute approximate surface area is 194 Å². The van der Waals surface area contributed by atoms with E-state index in [9.17, 15) is 4.79 Å². The van der Waals surface area contributed by atoms with Gasteiger partial charge in [0.25, 0.3) is 0 Å². The molecule has 5 heteroatoms. The van der Waals surface area contributed by atoms with Crippen molar-refractivity contribution in [2.75, 3.05) is 13.2 Å². The van der Waals surface area contributed by atoms with Crippen molar-refractivity contribution in [3.63, 3.8) is 0 Å². The van der Waals surface area contributed by atoms with E-state index in [1.54, 1.807) is 11.3 Å². The van der Waals surface area contributed by atoms with Crippen LogP contribution < -0.4 is 4.74 Å². The quantitative estimate of drug-likeness (QED) is 0.420. The van der Waals surface area contributed by atoms with Gasteiger partial charge in [-0.1, -0.05) is 42.5 Å². The van der Waals surface area contributed by atoms with E-state index in [4.69, 9.17) is 9.47 Å². The van der Waals surface area contributed by atoms with Crippen LogP contribution in [0.2, 0.25) is 0 Å². The van der Waals surface area contributed by atoms with Gasteiger partial charge >= 0.3 is 6.09 Å². The van der Waals surface area contributed by atoms with Gasteiger partial charge in [-0.2, -0.15) is 11.3 Å². The van der Waals surface area contributed by atoms with E-state index in [1.165, 1.54) is 16.7 Å². The standard InChI is InChI=1S/C27H31NO3S/c1-27(2,3)31-26(29)28-16-7-10-23(28)18-30-24-13-11-21(12-14-24)25(22-15-17-32-19-22)20-8-5-4-6-9-20/h4-6,8-9,11-15,17,19,23,25H,7,10,16,18H2,1-3H3/t23-,25?/m0/s1. The lowest BCUT2D eigenvalue weighted by Crippen LogP contribution is -2.42. The highest BCUT2D eigenvalue weighted by atomic mass is 32.1. The molecule has 2 heterocycles. The van der Waals surface area contributed by atoms with E-state index in [0.717, 1.165) is 25.1 Å². The van der Waals surface area contributed by atoms with Crippen molar-refractivity contribution < 1.29 is 14.3 Å². The largest absolute Gasteiger partial charge is 0.491 e. The van der Waals surface area contributed by atoms with Gasteiger partial charge in [0.15, 0.2) is 0 Å². The summed E-state index contributed by atoms with van der Waals surface area (Å²) in [4.78, 5) is 14.3. The number of nitrogens with zero attached hydrogens (tertiary/aromatic N) is 1. The van der Waals surface area contributed by atoms with Crippen molar-refractivity contribution in [2.24, 2.45) is 0 Å². The molecule has 1 unspecified atom stereocenters. The molecule has 0 saturated carbocycles. The van der Waals surface area contributed by atoms with Crippen molar-refractivity contribution in [3.05, 3.63) is 88.1 Å². The fourth-order valence-electron chi connectivity index (χ4n) is 4.18. The van der Waals surface area contributed by atoms with Crippen molar-refractivity contribution in [1.29, 1.82) is 0 Å². The summed E-state index contributed by atoms with van der Waals surface area (Å²) in [5, 5.41) is 4.34. The number of benzene rings is 2. The molecule has 2 aromatic carbocycles. The van der Waals surface area contributed by atoms with Crippen LogP contribution in [0.1, 0.15) is 56.2 Å². The van der Waals surface area contributed by atoms with Gasteiger partial charge < -0.3 is 14.4 Å². The maximum Gasteiger partial charge on any atom is 0.410 e. The highest BCUT2D eigenvalue weighted by Crippen LogP contribution is 2.34. The summed E-state index contributed by atoms with van der Waals surface area (Å²) in [6.07, 6.45) is 1.66. The molecule has 0 radical (unpaired) electrons. The number of carbonyl (C=O) groups is 1. The molecule has 1 aliphatic rings. The molecule has 0 spiro atoms. The first-order chi connectivity index (χ1) is 15.4. The Morgan fingerprint density at radius 3 is 2.41 bits per heavy atom. The van der Waals surface area contributed by atoms with Gasteiger partial charge in [0.05, 0.1) is 6.04 Å². The monoisotopic (exact) mass is 449 g/mol. The molecule has 32 heavy (non-hydrogen) atoms. The van der Waals surface area contributed by atoms with Crippen LogP contribution >= 0.6 is 11.3 Å². The third kappa shape index (κ3) is 5.52. The number of ether oxygens (including phenoxy) is 2. The Bertz CT molecular complexity index is 994. The van der Waals surface area contributed by atoms with Crippen molar-refractivity contribution >= 4 is 17.4 Å². The first kappa shape index (κ1) is 22.4. The summed E-state index contributed by atoms with van der Waals surface area (Å²) < 4.78 is 11.6. The average molecular weight is 450 g/mol. The zero-order valence-electron chi connectivity index (χ0n) is 19.0. The van der Waals surface area contributed by atoms with Gasteiger partial charge in [-0.15, -0.1) is 0 Å². The van der Waals surface area contributed by atoms with Crippen molar-refractivity contribution in [3.8, 4) is 5.75 Å². The molecule has 1 amide bonds. The molecular weight excluding hydrogens is 418 g/mol. The number of likely N-dealkylation sites (tertiary alicyclic amines) is 1. The fraction of sp³-hybridized carbons (Fsp3) is 0.370. The minimum absolute atomic E-state index is 0.0485. The summed E-state index contributed by atoms with van der Waals surface area (Å²) >= 11 is 1.72. The SMILES string of the molecule is CC(C)(C)OC(=O)N1CCC[C@H]1COc1ccc(C(c2ccccc2)c2ccsc2)cc1.